The summed E-state index contributed by atoms with van der Waals surface area (Å²) in [6, 6.07) is 5.79. The summed E-state index contributed by atoms with van der Waals surface area (Å²) in [7, 11) is 0. The second-order valence-corrected chi connectivity index (χ2v) is 3.83. The van der Waals surface area contributed by atoms with Crippen LogP contribution in [-0.2, 0) is 0 Å². The minimum atomic E-state index is -0.0348. The first kappa shape index (κ1) is 10.5. The molecule has 0 saturated carbocycles. The van der Waals surface area contributed by atoms with E-state index < -0.39 is 0 Å². The highest BCUT2D eigenvalue weighted by Crippen LogP contribution is 2.12. The lowest BCUT2D eigenvalue weighted by molar-refractivity contribution is 0.103. The number of ketones is 1. The lowest BCUT2D eigenvalue weighted by Crippen LogP contribution is -2.03. The van der Waals surface area contributed by atoms with Crippen molar-refractivity contribution in [3.05, 3.63) is 59.2 Å². The van der Waals surface area contributed by atoms with Gasteiger partial charge in [-0.15, -0.1) is 0 Å². The maximum absolute atomic E-state index is 12.1. The molecular formula is C13H12N2O. The van der Waals surface area contributed by atoms with E-state index in [-0.39, 0.29) is 5.78 Å². The monoisotopic (exact) mass is 212 g/mol. The quantitative estimate of drug-likeness (QED) is 0.717. The van der Waals surface area contributed by atoms with Gasteiger partial charge in [-0.3, -0.25) is 4.79 Å². The summed E-state index contributed by atoms with van der Waals surface area (Å²) in [6.45, 7) is 3.95. The van der Waals surface area contributed by atoms with E-state index in [1.54, 1.807) is 0 Å². The number of hydrogen-bond donors (Lipinski definition) is 0. The topological polar surface area (TPSA) is 42.9 Å². The SMILES string of the molecule is Cc1cc(C)cc(C(=O)c2cncnc2)c1. The average Bonchev–Trinajstić information content (AvgIpc) is 2.28. The molecule has 1 aromatic carbocycles. The molecule has 0 N–H and O–H groups in total. The maximum Gasteiger partial charge on any atom is 0.196 e. The number of aromatic nitrogens is 2. The maximum atomic E-state index is 12.1. The zero-order valence-corrected chi connectivity index (χ0v) is 9.27. The van der Waals surface area contributed by atoms with Gasteiger partial charge in [0.05, 0.1) is 5.56 Å². The van der Waals surface area contributed by atoms with E-state index in [1.165, 1.54) is 18.7 Å². The van der Waals surface area contributed by atoms with Crippen LogP contribution in [0.25, 0.3) is 0 Å². The van der Waals surface area contributed by atoms with E-state index in [1.807, 2.05) is 32.0 Å². The number of rotatable bonds is 2. The summed E-state index contributed by atoms with van der Waals surface area (Å²) in [5.74, 6) is -0.0348. The zero-order chi connectivity index (χ0) is 11.5. The molecule has 0 amide bonds. The third-order valence-corrected chi connectivity index (χ3v) is 2.31. The molecule has 0 aliphatic heterocycles. The fourth-order valence-electron chi connectivity index (χ4n) is 1.69. The molecule has 0 atom stereocenters. The van der Waals surface area contributed by atoms with Crippen molar-refractivity contribution in [2.45, 2.75) is 13.8 Å². The fourth-order valence-corrected chi connectivity index (χ4v) is 1.69. The number of nitrogens with zero attached hydrogens (tertiary/aromatic N) is 2. The molecule has 0 saturated heterocycles. The number of aryl methyl sites for hydroxylation is 2. The van der Waals surface area contributed by atoms with E-state index >= 15 is 0 Å². The minimum Gasteiger partial charge on any atom is -0.288 e. The van der Waals surface area contributed by atoms with Gasteiger partial charge in [0.2, 0.25) is 0 Å². The zero-order valence-electron chi connectivity index (χ0n) is 9.27. The summed E-state index contributed by atoms with van der Waals surface area (Å²) < 4.78 is 0. The van der Waals surface area contributed by atoms with Crippen molar-refractivity contribution < 1.29 is 4.79 Å². The van der Waals surface area contributed by atoms with E-state index in [0.29, 0.717) is 11.1 Å². The van der Waals surface area contributed by atoms with E-state index in [2.05, 4.69) is 9.97 Å². The van der Waals surface area contributed by atoms with Gasteiger partial charge >= 0.3 is 0 Å². The third-order valence-electron chi connectivity index (χ3n) is 2.31. The highest BCUT2D eigenvalue weighted by Gasteiger charge is 2.09. The van der Waals surface area contributed by atoms with Crippen LogP contribution in [0.3, 0.4) is 0 Å². The van der Waals surface area contributed by atoms with Gasteiger partial charge in [0, 0.05) is 18.0 Å². The Morgan fingerprint density at radius 1 is 0.938 bits per heavy atom. The summed E-state index contributed by atoms with van der Waals surface area (Å²) in [4.78, 5) is 19.8. The molecule has 1 heterocycles. The molecule has 1 aromatic heterocycles. The molecule has 0 spiro atoms. The third kappa shape index (κ3) is 2.14. The van der Waals surface area contributed by atoms with E-state index in [9.17, 15) is 4.79 Å². The molecule has 0 bridgehead atoms. The number of carbonyl (C=O) groups excluding carboxylic acids is 1. The van der Waals surface area contributed by atoms with Crippen LogP contribution in [0, 0.1) is 13.8 Å². The van der Waals surface area contributed by atoms with Gasteiger partial charge in [-0.2, -0.15) is 0 Å². The van der Waals surface area contributed by atoms with Crippen molar-refractivity contribution in [1.29, 1.82) is 0 Å². The number of carbonyl (C=O) groups is 1. The van der Waals surface area contributed by atoms with Crippen LogP contribution in [0.15, 0.2) is 36.9 Å². The van der Waals surface area contributed by atoms with Crippen molar-refractivity contribution in [1.82, 2.24) is 9.97 Å². The summed E-state index contributed by atoms with van der Waals surface area (Å²) >= 11 is 0. The first-order valence-corrected chi connectivity index (χ1v) is 5.05. The molecule has 0 aliphatic rings. The Bertz CT molecular complexity index is 500. The highest BCUT2D eigenvalue weighted by molar-refractivity contribution is 6.08. The van der Waals surface area contributed by atoms with Crippen LogP contribution < -0.4 is 0 Å². The molecule has 0 fully saturated rings. The highest BCUT2D eigenvalue weighted by atomic mass is 16.1. The number of hydrogen-bond acceptors (Lipinski definition) is 3. The van der Waals surface area contributed by atoms with Crippen LogP contribution in [-0.4, -0.2) is 15.8 Å². The molecular weight excluding hydrogens is 200 g/mol. The lowest BCUT2D eigenvalue weighted by Gasteiger charge is -2.03. The van der Waals surface area contributed by atoms with Crippen molar-refractivity contribution in [3.63, 3.8) is 0 Å². The van der Waals surface area contributed by atoms with E-state index in [0.717, 1.165) is 11.1 Å². The van der Waals surface area contributed by atoms with Crippen LogP contribution in [0.1, 0.15) is 27.0 Å². The smallest absolute Gasteiger partial charge is 0.196 e. The Morgan fingerprint density at radius 2 is 1.50 bits per heavy atom. The Morgan fingerprint density at radius 3 is 2.06 bits per heavy atom. The Balaban J connectivity index is 2.42. The molecule has 16 heavy (non-hydrogen) atoms. The molecule has 0 aliphatic carbocycles. The molecule has 2 rings (SSSR count). The lowest BCUT2D eigenvalue weighted by atomic mass is 10.0. The summed E-state index contributed by atoms with van der Waals surface area (Å²) in [6.07, 6.45) is 4.48. The Labute approximate surface area is 94.2 Å². The predicted octanol–water partition coefficient (Wildman–Crippen LogP) is 2.32. The molecule has 3 nitrogen and oxygen atoms in total. The Kier molecular flexibility index (Phi) is 2.77. The van der Waals surface area contributed by atoms with Gasteiger partial charge in [0.1, 0.15) is 6.33 Å². The second-order valence-electron chi connectivity index (χ2n) is 3.83. The average molecular weight is 212 g/mol. The minimum absolute atomic E-state index is 0.0348. The number of benzene rings is 1. The summed E-state index contributed by atoms with van der Waals surface area (Å²) in [5.41, 5.74) is 3.38. The fraction of sp³-hybridized carbons (Fsp3) is 0.154. The van der Waals surface area contributed by atoms with Gasteiger partial charge in [0.25, 0.3) is 0 Å². The van der Waals surface area contributed by atoms with Crippen LogP contribution >= 0.6 is 0 Å². The van der Waals surface area contributed by atoms with Crippen LogP contribution in [0.5, 0.6) is 0 Å². The molecule has 3 heteroatoms. The van der Waals surface area contributed by atoms with Crippen molar-refractivity contribution >= 4 is 5.78 Å². The van der Waals surface area contributed by atoms with Gasteiger partial charge in [-0.25, -0.2) is 9.97 Å². The predicted molar refractivity (Wildman–Crippen MR) is 61.4 cm³/mol. The van der Waals surface area contributed by atoms with Crippen molar-refractivity contribution in [2.24, 2.45) is 0 Å². The van der Waals surface area contributed by atoms with Crippen molar-refractivity contribution in [2.75, 3.05) is 0 Å². The van der Waals surface area contributed by atoms with Gasteiger partial charge in [-0.05, 0) is 26.0 Å². The van der Waals surface area contributed by atoms with Crippen LogP contribution in [0.4, 0.5) is 0 Å². The first-order valence-electron chi connectivity index (χ1n) is 5.05. The largest absolute Gasteiger partial charge is 0.288 e. The normalized spacial score (nSPS) is 10.1. The first-order chi connectivity index (χ1) is 7.66. The van der Waals surface area contributed by atoms with E-state index in [4.69, 9.17) is 0 Å². The molecule has 2 aromatic rings. The van der Waals surface area contributed by atoms with Crippen LogP contribution in [0.2, 0.25) is 0 Å². The van der Waals surface area contributed by atoms with Gasteiger partial charge in [0.15, 0.2) is 5.78 Å². The second kappa shape index (κ2) is 4.23. The standard InChI is InChI=1S/C13H12N2O/c1-9-3-10(2)5-11(4-9)13(16)12-6-14-8-15-7-12/h3-8H,1-2H3. The van der Waals surface area contributed by atoms with Crippen molar-refractivity contribution in [3.8, 4) is 0 Å². The Hall–Kier alpha value is -2.03. The molecule has 80 valence electrons. The van der Waals surface area contributed by atoms with Gasteiger partial charge in [-0.1, -0.05) is 17.2 Å². The van der Waals surface area contributed by atoms with Gasteiger partial charge < -0.3 is 0 Å². The molecule has 0 radical (unpaired) electrons. The molecule has 0 unspecified atom stereocenters. The summed E-state index contributed by atoms with van der Waals surface area (Å²) in [5, 5.41) is 0.